The van der Waals surface area contributed by atoms with Crippen LogP contribution in [0.1, 0.15) is 39.0 Å². The predicted molar refractivity (Wildman–Crippen MR) is 55.9 cm³/mol. The second kappa shape index (κ2) is 8.75. The number of hydrogen-bond acceptors (Lipinski definition) is 3. The molecule has 3 nitrogen and oxygen atoms in total. The van der Waals surface area contributed by atoms with E-state index in [0.29, 0.717) is 5.57 Å². The van der Waals surface area contributed by atoms with Crippen molar-refractivity contribution in [2.45, 2.75) is 39.0 Å². The number of esters is 1. The number of methoxy groups -OCH3 is 1. The zero-order valence-electron chi connectivity index (χ0n) is 9.08. The van der Waals surface area contributed by atoms with Gasteiger partial charge in [-0.3, -0.25) is 0 Å². The smallest absolute Gasteiger partial charge is 0.335 e. The fraction of sp³-hybridized carbons (Fsp3) is 0.727. The highest BCUT2D eigenvalue weighted by atomic mass is 16.5. The molecule has 0 unspecified atom stereocenters. The summed E-state index contributed by atoms with van der Waals surface area (Å²) in [6, 6.07) is 0. The second-order valence-corrected chi connectivity index (χ2v) is 3.23. The SMILES string of the molecule is CCCCCC/C=C(/CO)C(=O)OC. The number of carbonyl (C=O) groups is 1. The average molecular weight is 200 g/mol. The first-order chi connectivity index (χ1) is 6.76. The van der Waals surface area contributed by atoms with E-state index in [1.165, 1.54) is 26.4 Å². The first kappa shape index (κ1) is 13.2. The Kier molecular flexibility index (Phi) is 8.24. The van der Waals surface area contributed by atoms with E-state index >= 15 is 0 Å². The third-order valence-corrected chi connectivity index (χ3v) is 2.07. The van der Waals surface area contributed by atoms with E-state index in [1.54, 1.807) is 6.08 Å². The van der Waals surface area contributed by atoms with Crippen molar-refractivity contribution in [2.24, 2.45) is 0 Å². The maximum Gasteiger partial charge on any atom is 0.335 e. The van der Waals surface area contributed by atoms with Crippen LogP contribution in [0.5, 0.6) is 0 Å². The van der Waals surface area contributed by atoms with Gasteiger partial charge in [-0.15, -0.1) is 0 Å². The summed E-state index contributed by atoms with van der Waals surface area (Å²) in [4.78, 5) is 11.0. The van der Waals surface area contributed by atoms with E-state index in [0.717, 1.165) is 12.8 Å². The molecule has 1 N–H and O–H groups in total. The Morgan fingerprint density at radius 1 is 1.36 bits per heavy atom. The minimum absolute atomic E-state index is 0.236. The van der Waals surface area contributed by atoms with Gasteiger partial charge >= 0.3 is 5.97 Å². The van der Waals surface area contributed by atoms with Crippen molar-refractivity contribution in [3.8, 4) is 0 Å². The fourth-order valence-corrected chi connectivity index (χ4v) is 1.19. The van der Waals surface area contributed by atoms with Crippen LogP contribution < -0.4 is 0 Å². The number of hydrogen-bond donors (Lipinski definition) is 1. The lowest BCUT2D eigenvalue weighted by Crippen LogP contribution is -2.08. The number of aliphatic hydroxyl groups excluding tert-OH is 1. The first-order valence-electron chi connectivity index (χ1n) is 5.14. The molecule has 0 aliphatic carbocycles. The van der Waals surface area contributed by atoms with Gasteiger partial charge in [0.15, 0.2) is 0 Å². The van der Waals surface area contributed by atoms with Gasteiger partial charge in [0.2, 0.25) is 0 Å². The minimum atomic E-state index is -0.428. The summed E-state index contributed by atoms with van der Waals surface area (Å²) in [6.45, 7) is 1.92. The molecular formula is C11H20O3. The number of carbonyl (C=O) groups excluding carboxylic acids is 1. The third-order valence-electron chi connectivity index (χ3n) is 2.07. The summed E-state index contributed by atoms with van der Waals surface area (Å²) >= 11 is 0. The van der Waals surface area contributed by atoms with Gasteiger partial charge in [-0.05, 0) is 12.8 Å². The monoisotopic (exact) mass is 200 g/mol. The highest BCUT2D eigenvalue weighted by Crippen LogP contribution is 2.06. The molecule has 0 aromatic rings. The molecule has 0 radical (unpaired) electrons. The highest BCUT2D eigenvalue weighted by molar-refractivity contribution is 5.88. The molecule has 0 bridgehead atoms. The molecule has 0 amide bonds. The van der Waals surface area contributed by atoms with Crippen LogP contribution in [0.2, 0.25) is 0 Å². The van der Waals surface area contributed by atoms with E-state index in [9.17, 15) is 4.79 Å². The molecule has 0 saturated heterocycles. The minimum Gasteiger partial charge on any atom is -0.466 e. The first-order valence-corrected chi connectivity index (χ1v) is 5.14. The van der Waals surface area contributed by atoms with E-state index in [4.69, 9.17) is 5.11 Å². The van der Waals surface area contributed by atoms with E-state index < -0.39 is 5.97 Å². The predicted octanol–water partition coefficient (Wildman–Crippen LogP) is 2.05. The Hall–Kier alpha value is -0.830. The number of aliphatic hydroxyl groups is 1. The Balaban J connectivity index is 3.76. The number of ether oxygens (including phenoxy) is 1. The number of unbranched alkanes of at least 4 members (excludes halogenated alkanes) is 4. The van der Waals surface area contributed by atoms with Crippen LogP contribution in [-0.2, 0) is 9.53 Å². The molecule has 0 rings (SSSR count). The van der Waals surface area contributed by atoms with Crippen LogP contribution in [0, 0.1) is 0 Å². The summed E-state index contributed by atoms with van der Waals surface area (Å²) in [5.41, 5.74) is 0.365. The van der Waals surface area contributed by atoms with Gasteiger partial charge in [-0.25, -0.2) is 4.79 Å². The summed E-state index contributed by atoms with van der Waals surface area (Å²) in [5, 5.41) is 8.86. The highest BCUT2D eigenvalue weighted by Gasteiger charge is 2.06. The lowest BCUT2D eigenvalue weighted by atomic mass is 10.1. The van der Waals surface area contributed by atoms with Crippen molar-refractivity contribution in [1.82, 2.24) is 0 Å². The van der Waals surface area contributed by atoms with Gasteiger partial charge in [0.1, 0.15) is 0 Å². The molecule has 82 valence electrons. The van der Waals surface area contributed by atoms with Crippen molar-refractivity contribution >= 4 is 5.97 Å². The molecule has 0 saturated carbocycles. The third kappa shape index (κ3) is 5.75. The molecule has 0 heterocycles. The molecule has 0 spiro atoms. The van der Waals surface area contributed by atoms with Crippen LogP contribution in [0.3, 0.4) is 0 Å². The van der Waals surface area contributed by atoms with Gasteiger partial charge in [0.05, 0.1) is 19.3 Å². The van der Waals surface area contributed by atoms with Gasteiger partial charge in [0, 0.05) is 0 Å². The van der Waals surface area contributed by atoms with Crippen molar-refractivity contribution in [2.75, 3.05) is 13.7 Å². The zero-order chi connectivity index (χ0) is 10.8. The number of rotatable bonds is 7. The van der Waals surface area contributed by atoms with Crippen LogP contribution in [0.4, 0.5) is 0 Å². The second-order valence-electron chi connectivity index (χ2n) is 3.23. The molecule has 0 aromatic carbocycles. The average Bonchev–Trinajstić information content (AvgIpc) is 2.22. The molecular weight excluding hydrogens is 180 g/mol. The molecule has 0 aliphatic rings. The van der Waals surface area contributed by atoms with E-state index in [2.05, 4.69) is 11.7 Å². The number of allylic oxidation sites excluding steroid dienone is 1. The molecule has 0 aliphatic heterocycles. The maximum atomic E-state index is 11.0. The molecule has 14 heavy (non-hydrogen) atoms. The topological polar surface area (TPSA) is 46.5 Å². The van der Waals surface area contributed by atoms with Crippen molar-refractivity contribution in [3.05, 3.63) is 11.6 Å². The Bertz CT molecular complexity index is 185. The van der Waals surface area contributed by atoms with Crippen LogP contribution >= 0.6 is 0 Å². The lowest BCUT2D eigenvalue weighted by molar-refractivity contribution is -0.136. The summed E-state index contributed by atoms with van der Waals surface area (Å²) in [6.07, 6.45) is 7.27. The van der Waals surface area contributed by atoms with Crippen LogP contribution in [0.25, 0.3) is 0 Å². The van der Waals surface area contributed by atoms with Gasteiger partial charge in [0.25, 0.3) is 0 Å². The van der Waals surface area contributed by atoms with E-state index in [-0.39, 0.29) is 6.61 Å². The Morgan fingerprint density at radius 2 is 2.07 bits per heavy atom. The molecule has 3 heteroatoms. The molecule has 0 aromatic heterocycles. The zero-order valence-corrected chi connectivity index (χ0v) is 9.08. The van der Waals surface area contributed by atoms with Crippen molar-refractivity contribution < 1.29 is 14.6 Å². The van der Waals surface area contributed by atoms with Crippen LogP contribution in [0.15, 0.2) is 11.6 Å². The fourth-order valence-electron chi connectivity index (χ4n) is 1.19. The summed E-state index contributed by atoms with van der Waals surface area (Å²) in [7, 11) is 1.32. The van der Waals surface area contributed by atoms with Crippen molar-refractivity contribution in [1.29, 1.82) is 0 Å². The van der Waals surface area contributed by atoms with Gasteiger partial charge < -0.3 is 9.84 Å². The van der Waals surface area contributed by atoms with Crippen LogP contribution in [-0.4, -0.2) is 24.8 Å². The Morgan fingerprint density at radius 3 is 2.57 bits per heavy atom. The van der Waals surface area contributed by atoms with Gasteiger partial charge in [-0.1, -0.05) is 32.3 Å². The maximum absolute atomic E-state index is 11.0. The van der Waals surface area contributed by atoms with E-state index in [1.807, 2.05) is 0 Å². The summed E-state index contributed by atoms with van der Waals surface area (Å²) < 4.78 is 4.51. The Labute approximate surface area is 85.8 Å². The lowest BCUT2D eigenvalue weighted by Gasteiger charge is -2.01. The standard InChI is InChI=1S/C11H20O3/c1-3-4-5-6-7-8-10(9-12)11(13)14-2/h8,12H,3-7,9H2,1-2H3/b10-8-. The van der Waals surface area contributed by atoms with Gasteiger partial charge in [-0.2, -0.15) is 0 Å². The molecule has 0 fully saturated rings. The quantitative estimate of drug-likeness (QED) is 0.388. The van der Waals surface area contributed by atoms with Crippen molar-refractivity contribution in [3.63, 3.8) is 0 Å². The normalized spacial score (nSPS) is 11.5. The largest absolute Gasteiger partial charge is 0.466 e. The summed E-state index contributed by atoms with van der Waals surface area (Å²) in [5.74, 6) is -0.428. The molecule has 0 atom stereocenters.